The highest BCUT2D eigenvalue weighted by Crippen LogP contribution is 2.09. The van der Waals surface area contributed by atoms with Gasteiger partial charge >= 0.3 is 5.97 Å². The van der Waals surface area contributed by atoms with E-state index < -0.39 is 0 Å². The number of benzene rings is 1. The van der Waals surface area contributed by atoms with Gasteiger partial charge in [0.05, 0.1) is 18.2 Å². The van der Waals surface area contributed by atoms with Crippen molar-refractivity contribution >= 4 is 12.0 Å². The fraction of sp³-hybridized carbons (Fsp3) is 0.286. The van der Waals surface area contributed by atoms with Gasteiger partial charge < -0.3 is 4.74 Å². The van der Waals surface area contributed by atoms with Gasteiger partial charge in [-0.3, -0.25) is 0 Å². The lowest BCUT2D eigenvalue weighted by Crippen LogP contribution is -2.07. The van der Waals surface area contributed by atoms with E-state index in [1.807, 2.05) is 19.9 Å². The number of hydrogen-bond acceptors (Lipinski definition) is 3. The lowest BCUT2D eigenvalue weighted by molar-refractivity contribution is -0.138. The molecule has 1 rings (SSSR count). The van der Waals surface area contributed by atoms with Gasteiger partial charge in [-0.15, -0.1) is 0 Å². The third kappa shape index (κ3) is 4.52. The fourth-order valence-corrected chi connectivity index (χ4v) is 1.20. The zero-order valence-electron chi connectivity index (χ0n) is 10.0. The van der Waals surface area contributed by atoms with E-state index >= 15 is 0 Å². The maximum atomic E-state index is 11.3. The summed E-state index contributed by atoms with van der Waals surface area (Å²) < 4.78 is 4.99. The number of carbonyl (C=O) groups excluding carboxylic acids is 1. The van der Waals surface area contributed by atoms with E-state index in [9.17, 15) is 4.79 Å². The molecular formula is C14H15NO2. The number of hydrogen-bond donors (Lipinski definition) is 0. The second-order valence-corrected chi connectivity index (χ2v) is 4.06. The zero-order chi connectivity index (χ0) is 12.7. The Hall–Kier alpha value is -2.08. The van der Waals surface area contributed by atoms with Crippen LogP contribution in [-0.4, -0.2) is 12.6 Å². The van der Waals surface area contributed by atoms with E-state index in [1.54, 1.807) is 24.3 Å². The van der Waals surface area contributed by atoms with Crippen molar-refractivity contribution in [3.63, 3.8) is 0 Å². The highest BCUT2D eigenvalue weighted by molar-refractivity contribution is 5.87. The molecule has 3 heteroatoms. The highest BCUT2D eigenvalue weighted by Gasteiger charge is 2.01. The second kappa shape index (κ2) is 6.49. The van der Waals surface area contributed by atoms with Crippen LogP contribution < -0.4 is 0 Å². The van der Waals surface area contributed by atoms with E-state index in [0.29, 0.717) is 18.1 Å². The first-order valence-electron chi connectivity index (χ1n) is 5.47. The normalized spacial score (nSPS) is 10.5. The summed E-state index contributed by atoms with van der Waals surface area (Å²) in [5.74, 6) is -0.0646. The molecule has 0 radical (unpaired) electrons. The first-order chi connectivity index (χ1) is 8.13. The molecule has 0 unspecified atom stereocenters. The predicted octanol–water partition coefficient (Wildman–Crippen LogP) is 2.77. The molecule has 0 fully saturated rings. The molecule has 0 atom stereocenters. The summed E-state index contributed by atoms with van der Waals surface area (Å²) in [6.07, 6.45) is 2.94. The molecule has 0 aliphatic carbocycles. The number of ether oxygens (including phenoxy) is 1. The summed E-state index contributed by atoms with van der Waals surface area (Å²) in [4.78, 5) is 11.3. The highest BCUT2D eigenvalue weighted by atomic mass is 16.5. The Bertz CT molecular complexity index is 456. The van der Waals surface area contributed by atoms with Crippen LogP contribution >= 0.6 is 0 Å². The van der Waals surface area contributed by atoms with E-state index in [0.717, 1.165) is 5.56 Å². The van der Waals surface area contributed by atoms with Crippen molar-refractivity contribution in [2.75, 3.05) is 6.61 Å². The zero-order valence-corrected chi connectivity index (χ0v) is 10.0. The summed E-state index contributed by atoms with van der Waals surface area (Å²) in [6, 6.07) is 9.16. The van der Waals surface area contributed by atoms with Gasteiger partial charge in [-0.1, -0.05) is 32.0 Å². The molecule has 0 aromatic heterocycles. The Morgan fingerprint density at radius 1 is 1.47 bits per heavy atom. The number of nitriles is 1. The van der Waals surface area contributed by atoms with Gasteiger partial charge in [0.1, 0.15) is 0 Å². The largest absolute Gasteiger partial charge is 0.462 e. The lowest BCUT2D eigenvalue weighted by Gasteiger charge is -2.03. The Morgan fingerprint density at radius 3 is 2.82 bits per heavy atom. The number of nitrogens with zero attached hydrogens (tertiary/aromatic N) is 1. The van der Waals surface area contributed by atoms with Gasteiger partial charge in [0, 0.05) is 6.08 Å². The summed E-state index contributed by atoms with van der Waals surface area (Å²) >= 11 is 0. The standard InChI is InChI=1S/C14H15NO2/c1-11(2)10-17-14(16)8-7-12-5-3-4-6-13(12)9-15/h3-8,11H,10H2,1-2H3. The lowest BCUT2D eigenvalue weighted by atomic mass is 10.1. The Morgan fingerprint density at radius 2 is 2.18 bits per heavy atom. The van der Waals surface area contributed by atoms with Crippen LogP contribution in [-0.2, 0) is 9.53 Å². The van der Waals surface area contributed by atoms with Crippen molar-refractivity contribution in [1.82, 2.24) is 0 Å². The van der Waals surface area contributed by atoms with Crippen LogP contribution in [0.5, 0.6) is 0 Å². The van der Waals surface area contributed by atoms with Crippen molar-refractivity contribution in [1.29, 1.82) is 5.26 Å². The van der Waals surface area contributed by atoms with Gasteiger partial charge in [-0.05, 0) is 23.6 Å². The van der Waals surface area contributed by atoms with Crippen molar-refractivity contribution in [2.45, 2.75) is 13.8 Å². The third-order valence-corrected chi connectivity index (χ3v) is 2.04. The molecule has 0 aliphatic rings. The van der Waals surface area contributed by atoms with Crippen molar-refractivity contribution in [3.05, 3.63) is 41.5 Å². The molecule has 3 nitrogen and oxygen atoms in total. The van der Waals surface area contributed by atoms with Crippen LogP contribution in [0.15, 0.2) is 30.3 Å². The molecule has 88 valence electrons. The maximum absolute atomic E-state index is 11.3. The van der Waals surface area contributed by atoms with Gasteiger partial charge in [0.25, 0.3) is 0 Å². The minimum absolute atomic E-state index is 0.318. The van der Waals surface area contributed by atoms with Crippen LogP contribution in [0, 0.1) is 17.2 Å². The molecule has 0 heterocycles. The quantitative estimate of drug-likeness (QED) is 0.589. The summed E-state index contributed by atoms with van der Waals surface area (Å²) in [7, 11) is 0. The topological polar surface area (TPSA) is 50.1 Å². The molecule has 0 amide bonds. The first kappa shape index (κ1) is 13.0. The van der Waals surface area contributed by atoms with Crippen LogP contribution in [0.4, 0.5) is 0 Å². The van der Waals surface area contributed by atoms with Crippen LogP contribution in [0.25, 0.3) is 6.08 Å². The van der Waals surface area contributed by atoms with E-state index in [2.05, 4.69) is 6.07 Å². The minimum atomic E-state index is -0.383. The Balaban J connectivity index is 2.65. The van der Waals surface area contributed by atoms with Crippen LogP contribution in [0.2, 0.25) is 0 Å². The summed E-state index contributed by atoms with van der Waals surface area (Å²) in [5.41, 5.74) is 1.26. The average molecular weight is 229 g/mol. The molecule has 0 bridgehead atoms. The van der Waals surface area contributed by atoms with Gasteiger partial charge in [0.2, 0.25) is 0 Å². The third-order valence-electron chi connectivity index (χ3n) is 2.04. The molecule has 17 heavy (non-hydrogen) atoms. The second-order valence-electron chi connectivity index (χ2n) is 4.06. The number of rotatable bonds is 4. The molecule has 1 aromatic carbocycles. The van der Waals surface area contributed by atoms with Gasteiger partial charge in [-0.2, -0.15) is 5.26 Å². The van der Waals surface area contributed by atoms with Crippen molar-refractivity contribution in [3.8, 4) is 6.07 Å². The predicted molar refractivity (Wildman–Crippen MR) is 66.0 cm³/mol. The molecule has 0 spiro atoms. The molecule has 0 saturated heterocycles. The average Bonchev–Trinajstić information content (AvgIpc) is 2.34. The molecule has 0 saturated carbocycles. The molecular weight excluding hydrogens is 214 g/mol. The Labute approximate surface area is 101 Å². The van der Waals surface area contributed by atoms with E-state index in [1.165, 1.54) is 6.08 Å². The minimum Gasteiger partial charge on any atom is -0.462 e. The fourth-order valence-electron chi connectivity index (χ4n) is 1.20. The first-order valence-corrected chi connectivity index (χ1v) is 5.47. The van der Waals surface area contributed by atoms with Crippen molar-refractivity contribution in [2.24, 2.45) is 5.92 Å². The van der Waals surface area contributed by atoms with Crippen molar-refractivity contribution < 1.29 is 9.53 Å². The summed E-state index contributed by atoms with van der Waals surface area (Å²) in [5, 5.41) is 8.86. The monoisotopic (exact) mass is 229 g/mol. The smallest absolute Gasteiger partial charge is 0.330 e. The summed E-state index contributed by atoms with van der Waals surface area (Å²) in [6.45, 7) is 4.35. The van der Waals surface area contributed by atoms with Gasteiger partial charge in [0.15, 0.2) is 0 Å². The van der Waals surface area contributed by atoms with Crippen LogP contribution in [0.1, 0.15) is 25.0 Å². The Kier molecular flexibility index (Phi) is 4.96. The molecule has 1 aromatic rings. The van der Waals surface area contributed by atoms with E-state index in [-0.39, 0.29) is 5.97 Å². The molecule has 0 N–H and O–H groups in total. The van der Waals surface area contributed by atoms with Gasteiger partial charge in [-0.25, -0.2) is 4.79 Å². The number of carbonyl (C=O) groups is 1. The van der Waals surface area contributed by atoms with E-state index in [4.69, 9.17) is 10.00 Å². The number of esters is 1. The maximum Gasteiger partial charge on any atom is 0.330 e. The SMILES string of the molecule is CC(C)COC(=O)C=Cc1ccccc1C#N. The molecule has 0 aliphatic heterocycles. The van der Waals surface area contributed by atoms with Crippen LogP contribution in [0.3, 0.4) is 0 Å².